The molecule has 3 rings (SSSR count). The van der Waals surface area contributed by atoms with Crippen LogP contribution in [-0.2, 0) is 0 Å². The molecule has 4 nitrogen and oxygen atoms in total. The lowest BCUT2D eigenvalue weighted by Crippen LogP contribution is -2.39. The van der Waals surface area contributed by atoms with Crippen molar-refractivity contribution < 1.29 is 9.84 Å². The molecule has 0 radical (unpaired) electrons. The molecule has 1 aromatic heterocycles. The predicted molar refractivity (Wildman–Crippen MR) is 56.2 cm³/mol. The van der Waals surface area contributed by atoms with Gasteiger partial charge in [-0.3, -0.25) is 0 Å². The standard InChI is InChI=1S/C11H14N2O2/c1-7-2-3-12-11-10(7)15-6-8-4-9(14)5-13(8)11/h2-3,8-9,14H,4-6H2,1H3. The Bertz CT molecular complexity index is 394. The minimum Gasteiger partial charge on any atom is -0.487 e. The van der Waals surface area contributed by atoms with Gasteiger partial charge >= 0.3 is 0 Å². The quantitative estimate of drug-likeness (QED) is 0.679. The Kier molecular flexibility index (Phi) is 1.85. The molecular formula is C11H14N2O2. The van der Waals surface area contributed by atoms with Crippen LogP contribution in [0.15, 0.2) is 12.3 Å². The zero-order valence-corrected chi connectivity index (χ0v) is 8.68. The minimum absolute atomic E-state index is 0.244. The van der Waals surface area contributed by atoms with Gasteiger partial charge in [-0.2, -0.15) is 0 Å². The van der Waals surface area contributed by atoms with Crippen LogP contribution in [0.3, 0.4) is 0 Å². The number of rotatable bonds is 0. The Labute approximate surface area is 88.5 Å². The summed E-state index contributed by atoms with van der Waals surface area (Å²) in [5.74, 6) is 1.77. The van der Waals surface area contributed by atoms with Crippen LogP contribution in [0.2, 0.25) is 0 Å². The molecule has 0 saturated carbocycles. The number of hydrogen-bond donors (Lipinski definition) is 1. The molecule has 0 bridgehead atoms. The SMILES string of the molecule is Cc1ccnc2c1OCC1CC(O)CN21. The number of aryl methyl sites for hydroxylation is 1. The van der Waals surface area contributed by atoms with Gasteiger partial charge in [0, 0.05) is 12.7 Å². The minimum atomic E-state index is -0.244. The molecule has 1 saturated heterocycles. The van der Waals surface area contributed by atoms with Crippen LogP contribution in [0.1, 0.15) is 12.0 Å². The van der Waals surface area contributed by atoms with Crippen molar-refractivity contribution in [1.82, 2.24) is 4.98 Å². The molecule has 4 heteroatoms. The molecule has 1 fully saturated rings. The summed E-state index contributed by atoms with van der Waals surface area (Å²) in [6.45, 7) is 3.36. The number of pyridine rings is 1. The number of fused-ring (bicyclic) bond motifs is 3. The molecule has 1 N–H and O–H groups in total. The second-order valence-corrected chi connectivity index (χ2v) is 4.29. The summed E-state index contributed by atoms with van der Waals surface area (Å²) in [4.78, 5) is 6.51. The number of aliphatic hydroxyl groups excluding tert-OH is 1. The third-order valence-electron chi connectivity index (χ3n) is 3.17. The summed E-state index contributed by atoms with van der Waals surface area (Å²) in [6, 6.07) is 2.24. The van der Waals surface area contributed by atoms with Crippen molar-refractivity contribution >= 4 is 5.82 Å². The third-order valence-corrected chi connectivity index (χ3v) is 3.17. The Morgan fingerprint density at radius 1 is 1.60 bits per heavy atom. The van der Waals surface area contributed by atoms with Crippen molar-refractivity contribution in [3.63, 3.8) is 0 Å². The van der Waals surface area contributed by atoms with Crippen LogP contribution in [0.4, 0.5) is 5.82 Å². The van der Waals surface area contributed by atoms with E-state index >= 15 is 0 Å². The maximum atomic E-state index is 9.63. The molecule has 2 aliphatic rings. The molecule has 0 aromatic carbocycles. The number of hydrogen-bond acceptors (Lipinski definition) is 4. The van der Waals surface area contributed by atoms with Crippen LogP contribution in [0, 0.1) is 6.92 Å². The van der Waals surface area contributed by atoms with Crippen molar-refractivity contribution in [2.24, 2.45) is 0 Å². The van der Waals surface area contributed by atoms with Crippen LogP contribution >= 0.6 is 0 Å². The van der Waals surface area contributed by atoms with Crippen LogP contribution < -0.4 is 9.64 Å². The predicted octanol–water partition coefficient (Wildman–Crippen LogP) is 0.722. The number of ether oxygens (including phenoxy) is 1. The Morgan fingerprint density at radius 2 is 2.47 bits per heavy atom. The van der Waals surface area contributed by atoms with Crippen LogP contribution in [0.5, 0.6) is 5.75 Å². The van der Waals surface area contributed by atoms with Gasteiger partial charge in [-0.15, -0.1) is 0 Å². The first-order chi connectivity index (χ1) is 7.25. The Hall–Kier alpha value is -1.29. The van der Waals surface area contributed by atoms with Gasteiger partial charge in [0.2, 0.25) is 0 Å². The van der Waals surface area contributed by atoms with Crippen LogP contribution in [-0.4, -0.2) is 35.4 Å². The largest absolute Gasteiger partial charge is 0.487 e. The molecule has 2 atom stereocenters. The summed E-state index contributed by atoms with van der Waals surface area (Å²) in [5.41, 5.74) is 1.11. The number of nitrogens with zero attached hydrogens (tertiary/aromatic N) is 2. The highest BCUT2D eigenvalue weighted by Crippen LogP contribution is 2.37. The lowest BCUT2D eigenvalue weighted by Gasteiger charge is -2.32. The fourth-order valence-corrected chi connectivity index (χ4v) is 2.40. The van der Waals surface area contributed by atoms with Gasteiger partial charge in [0.15, 0.2) is 11.6 Å². The lowest BCUT2D eigenvalue weighted by atomic mass is 10.1. The van der Waals surface area contributed by atoms with Crippen molar-refractivity contribution in [3.8, 4) is 5.75 Å². The zero-order valence-electron chi connectivity index (χ0n) is 8.68. The smallest absolute Gasteiger partial charge is 0.172 e. The van der Waals surface area contributed by atoms with Gasteiger partial charge in [0.05, 0.1) is 12.1 Å². The lowest BCUT2D eigenvalue weighted by molar-refractivity contribution is 0.187. The van der Waals surface area contributed by atoms with Gasteiger partial charge in [-0.05, 0) is 25.0 Å². The topological polar surface area (TPSA) is 45.6 Å². The second kappa shape index (κ2) is 3.10. The molecule has 2 aliphatic heterocycles. The maximum absolute atomic E-state index is 9.63. The van der Waals surface area contributed by atoms with Crippen molar-refractivity contribution in [2.45, 2.75) is 25.5 Å². The first kappa shape index (κ1) is 8.97. The summed E-state index contributed by atoms with van der Waals surface area (Å²) in [6.07, 6.45) is 2.34. The van der Waals surface area contributed by atoms with E-state index in [0.29, 0.717) is 19.2 Å². The van der Waals surface area contributed by atoms with E-state index in [4.69, 9.17) is 4.74 Å². The van der Waals surface area contributed by atoms with Gasteiger partial charge < -0.3 is 14.7 Å². The molecule has 1 aromatic rings. The van der Waals surface area contributed by atoms with Gasteiger partial charge in [0.1, 0.15) is 6.61 Å². The summed E-state index contributed by atoms with van der Waals surface area (Å²) < 4.78 is 5.70. The summed E-state index contributed by atoms with van der Waals surface area (Å²) >= 11 is 0. The van der Waals surface area contributed by atoms with E-state index in [1.807, 2.05) is 13.0 Å². The van der Waals surface area contributed by atoms with Gasteiger partial charge in [-0.1, -0.05) is 0 Å². The third kappa shape index (κ3) is 1.28. The van der Waals surface area contributed by atoms with E-state index < -0.39 is 0 Å². The molecular weight excluding hydrogens is 192 g/mol. The molecule has 0 amide bonds. The highest BCUT2D eigenvalue weighted by Gasteiger charge is 2.37. The van der Waals surface area contributed by atoms with E-state index in [9.17, 15) is 5.11 Å². The molecule has 3 heterocycles. The van der Waals surface area contributed by atoms with E-state index in [1.54, 1.807) is 6.20 Å². The molecule has 15 heavy (non-hydrogen) atoms. The van der Waals surface area contributed by atoms with Crippen molar-refractivity contribution in [2.75, 3.05) is 18.1 Å². The fourth-order valence-electron chi connectivity index (χ4n) is 2.40. The average Bonchev–Trinajstić information content (AvgIpc) is 2.59. The average molecular weight is 206 g/mol. The zero-order chi connectivity index (χ0) is 10.4. The number of anilines is 1. The van der Waals surface area contributed by atoms with E-state index in [1.165, 1.54) is 0 Å². The molecule has 2 unspecified atom stereocenters. The molecule has 0 spiro atoms. The second-order valence-electron chi connectivity index (χ2n) is 4.29. The highest BCUT2D eigenvalue weighted by atomic mass is 16.5. The first-order valence-electron chi connectivity index (χ1n) is 5.29. The maximum Gasteiger partial charge on any atom is 0.172 e. The van der Waals surface area contributed by atoms with E-state index in [2.05, 4.69) is 9.88 Å². The van der Waals surface area contributed by atoms with Crippen LogP contribution in [0.25, 0.3) is 0 Å². The normalized spacial score (nSPS) is 28.3. The summed E-state index contributed by atoms with van der Waals surface area (Å²) in [7, 11) is 0. The summed E-state index contributed by atoms with van der Waals surface area (Å²) in [5, 5.41) is 9.63. The first-order valence-corrected chi connectivity index (χ1v) is 5.29. The van der Waals surface area contributed by atoms with Crippen molar-refractivity contribution in [1.29, 1.82) is 0 Å². The van der Waals surface area contributed by atoms with Crippen molar-refractivity contribution in [3.05, 3.63) is 17.8 Å². The van der Waals surface area contributed by atoms with E-state index in [-0.39, 0.29) is 6.10 Å². The molecule has 80 valence electrons. The number of aliphatic hydroxyl groups is 1. The molecule has 0 aliphatic carbocycles. The van der Waals surface area contributed by atoms with E-state index in [0.717, 1.165) is 23.6 Å². The monoisotopic (exact) mass is 206 g/mol. The highest BCUT2D eigenvalue weighted by molar-refractivity contribution is 5.59. The Morgan fingerprint density at radius 3 is 3.33 bits per heavy atom. The Balaban J connectivity index is 2.05. The van der Waals surface area contributed by atoms with Gasteiger partial charge in [0.25, 0.3) is 0 Å². The fraction of sp³-hybridized carbons (Fsp3) is 0.545. The number of aromatic nitrogens is 1. The van der Waals surface area contributed by atoms with Gasteiger partial charge in [-0.25, -0.2) is 4.98 Å².